The van der Waals surface area contributed by atoms with Crippen molar-refractivity contribution in [2.45, 2.75) is 20.3 Å². The van der Waals surface area contributed by atoms with E-state index in [1.54, 1.807) is 6.07 Å². The van der Waals surface area contributed by atoms with Crippen LogP contribution in [-0.2, 0) is 39.1 Å². The molecule has 0 bridgehead atoms. The van der Waals surface area contributed by atoms with Gasteiger partial charge in [-0.1, -0.05) is 24.8 Å². The first kappa shape index (κ1) is 12.6. The average Bonchev–Trinajstić information content (AvgIpc) is 2.15. The van der Waals surface area contributed by atoms with Gasteiger partial charge >= 0.3 is 5.63 Å². The Bertz CT molecular complexity index is 529. The van der Waals surface area contributed by atoms with E-state index in [-0.39, 0.29) is 38.3 Å². The first-order valence-corrected chi connectivity index (χ1v) is 4.66. The molecule has 0 aliphatic heterocycles. The van der Waals surface area contributed by atoms with Crippen LogP contribution in [0.4, 0.5) is 0 Å². The summed E-state index contributed by atoms with van der Waals surface area (Å²) < 4.78 is 5.11. The van der Waals surface area contributed by atoms with Crippen LogP contribution in [-0.4, -0.2) is 0 Å². The summed E-state index contributed by atoms with van der Waals surface area (Å²) in [5.41, 5.74) is 2.38. The second-order valence-electron chi connectivity index (χ2n) is 3.34. The molecule has 1 aromatic heterocycles. The number of hydrogen-bond acceptors (Lipinski definition) is 2. The molecular formula is C12H11O2Y-. The Balaban J connectivity index is 0.00000112. The van der Waals surface area contributed by atoms with Crippen molar-refractivity contribution in [2.75, 3.05) is 0 Å². The maximum atomic E-state index is 11.2. The smallest absolute Gasteiger partial charge is 0.333 e. The third kappa shape index (κ3) is 2.56. The Morgan fingerprint density at radius 2 is 2.13 bits per heavy atom. The number of aryl methyl sites for hydroxylation is 2. The summed E-state index contributed by atoms with van der Waals surface area (Å²) in [6.07, 6.45) is 0.832. The SMILES string of the molecule is CCc1cc(=O)oc2cc(C)[c-]cc12.[Y]. The zero-order chi connectivity index (χ0) is 10.1. The van der Waals surface area contributed by atoms with Gasteiger partial charge in [0.1, 0.15) is 0 Å². The van der Waals surface area contributed by atoms with E-state index in [1.165, 1.54) is 0 Å². The third-order valence-corrected chi connectivity index (χ3v) is 2.29. The van der Waals surface area contributed by atoms with Crippen LogP contribution in [0.1, 0.15) is 18.1 Å². The molecule has 15 heavy (non-hydrogen) atoms. The Hall–Kier alpha value is -0.466. The van der Waals surface area contributed by atoms with Crippen LogP contribution < -0.4 is 5.63 Å². The van der Waals surface area contributed by atoms with Gasteiger partial charge in [0.05, 0.1) is 0 Å². The van der Waals surface area contributed by atoms with Crippen LogP contribution in [0.25, 0.3) is 11.0 Å². The molecule has 2 rings (SSSR count). The van der Waals surface area contributed by atoms with Crippen molar-refractivity contribution in [1.82, 2.24) is 0 Å². The molecule has 75 valence electrons. The molecule has 1 heterocycles. The molecule has 0 saturated heterocycles. The van der Waals surface area contributed by atoms with Crippen LogP contribution in [0.15, 0.2) is 27.4 Å². The fraction of sp³-hybridized carbons (Fsp3) is 0.250. The van der Waals surface area contributed by atoms with E-state index in [9.17, 15) is 4.79 Å². The van der Waals surface area contributed by atoms with Gasteiger partial charge in [-0.05, 0) is 6.42 Å². The third-order valence-electron chi connectivity index (χ3n) is 2.29. The molecule has 1 aromatic carbocycles. The van der Waals surface area contributed by atoms with Gasteiger partial charge in [-0.2, -0.15) is 17.7 Å². The topological polar surface area (TPSA) is 30.2 Å². The van der Waals surface area contributed by atoms with Gasteiger partial charge in [0.15, 0.2) is 0 Å². The predicted octanol–water partition coefficient (Wildman–Crippen LogP) is 2.46. The molecule has 0 unspecified atom stereocenters. The van der Waals surface area contributed by atoms with Gasteiger partial charge in [0.25, 0.3) is 0 Å². The molecule has 0 amide bonds. The van der Waals surface area contributed by atoms with Crippen molar-refractivity contribution < 1.29 is 37.1 Å². The van der Waals surface area contributed by atoms with Crippen LogP contribution in [0, 0.1) is 13.0 Å². The molecule has 0 atom stereocenters. The van der Waals surface area contributed by atoms with Gasteiger partial charge in [0.2, 0.25) is 0 Å². The summed E-state index contributed by atoms with van der Waals surface area (Å²) in [4.78, 5) is 11.2. The van der Waals surface area contributed by atoms with Crippen molar-refractivity contribution in [1.29, 1.82) is 0 Å². The summed E-state index contributed by atoms with van der Waals surface area (Å²) in [6.45, 7) is 3.95. The Labute approximate surface area is 114 Å². The number of benzene rings is 1. The summed E-state index contributed by atoms with van der Waals surface area (Å²) in [7, 11) is 0. The predicted molar refractivity (Wildman–Crippen MR) is 55.4 cm³/mol. The molecule has 0 spiro atoms. The zero-order valence-electron chi connectivity index (χ0n) is 8.83. The standard InChI is InChI=1S/C12H11O2.Y/c1-3-9-7-12(13)14-11-6-8(2)4-5-10(9)11;/h5-7H,3H2,1-2H3;/q-1;. The van der Waals surface area contributed by atoms with E-state index in [4.69, 9.17) is 4.42 Å². The summed E-state index contributed by atoms with van der Waals surface area (Å²) >= 11 is 0. The molecule has 0 saturated carbocycles. The number of fused-ring (bicyclic) bond motifs is 1. The van der Waals surface area contributed by atoms with Crippen LogP contribution in [0.2, 0.25) is 0 Å². The summed E-state index contributed by atoms with van der Waals surface area (Å²) in [6, 6.07) is 8.38. The van der Waals surface area contributed by atoms with Gasteiger partial charge in [-0.25, -0.2) is 4.79 Å². The number of rotatable bonds is 1. The van der Waals surface area contributed by atoms with Crippen molar-refractivity contribution in [3.8, 4) is 0 Å². The van der Waals surface area contributed by atoms with E-state index >= 15 is 0 Å². The zero-order valence-corrected chi connectivity index (χ0v) is 11.7. The van der Waals surface area contributed by atoms with Crippen molar-refractivity contribution in [3.63, 3.8) is 0 Å². The first-order valence-electron chi connectivity index (χ1n) is 4.66. The molecule has 3 heteroatoms. The quantitative estimate of drug-likeness (QED) is 0.591. The maximum absolute atomic E-state index is 11.2. The van der Waals surface area contributed by atoms with E-state index in [1.807, 2.05) is 26.0 Å². The minimum atomic E-state index is -0.278. The second kappa shape index (κ2) is 5.04. The second-order valence-corrected chi connectivity index (χ2v) is 3.34. The summed E-state index contributed by atoms with van der Waals surface area (Å²) in [5.74, 6) is 0. The molecule has 0 aliphatic carbocycles. The maximum Gasteiger partial charge on any atom is 0.333 e. The number of hydrogen-bond donors (Lipinski definition) is 0. The van der Waals surface area contributed by atoms with E-state index < -0.39 is 0 Å². The largest absolute Gasteiger partial charge is 0.449 e. The van der Waals surface area contributed by atoms with Gasteiger partial charge in [0, 0.05) is 44.4 Å². The van der Waals surface area contributed by atoms with Gasteiger partial charge < -0.3 is 4.42 Å². The van der Waals surface area contributed by atoms with E-state index in [2.05, 4.69) is 6.07 Å². The average molecular weight is 276 g/mol. The van der Waals surface area contributed by atoms with E-state index in [0.717, 1.165) is 22.9 Å². The normalized spacial score (nSPS) is 10.0. The minimum absolute atomic E-state index is 0. The minimum Gasteiger partial charge on any atom is -0.449 e. The molecule has 1 radical (unpaired) electrons. The Morgan fingerprint density at radius 1 is 1.40 bits per heavy atom. The van der Waals surface area contributed by atoms with Crippen molar-refractivity contribution in [2.24, 2.45) is 0 Å². The first-order chi connectivity index (χ1) is 6.70. The summed E-state index contributed by atoms with van der Waals surface area (Å²) in [5, 5.41) is 0.984. The molecular weight excluding hydrogens is 265 g/mol. The van der Waals surface area contributed by atoms with Crippen LogP contribution in [0.5, 0.6) is 0 Å². The van der Waals surface area contributed by atoms with Crippen LogP contribution >= 0.6 is 0 Å². The van der Waals surface area contributed by atoms with Gasteiger partial charge in [-0.3, -0.25) is 0 Å². The monoisotopic (exact) mass is 276 g/mol. The Morgan fingerprint density at radius 3 is 2.80 bits per heavy atom. The fourth-order valence-electron chi connectivity index (χ4n) is 1.56. The van der Waals surface area contributed by atoms with Crippen molar-refractivity contribution >= 4 is 11.0 Å². The molecule has 0 aliphatic rings. The van der Waals surface area contributed by atoms with E-state index in [0.29, 0.717) is 5.58 Å². The molecule has 2 nitrogen and oxygen atoms in total. The molecule has 0 fully saturated rings. The fourth-order valence-corrected chi connectivity index (χ4v) is 1.56. The van der Waals surface area contributed by atoms with Crippen LogP contribution in [0.3, 0.4) is 0 Å². The molecule has 0 N–H and O–H groups in total. The van der Waals surface area contributed by atoms with Gasteiger partial charge in [-0.15, -0.1) is 6.07 Å². The Kier molecular flexibility index (Phi) is 4.24. The van der Waals surface area contributed by atoms with Crippen molar-refractivity contribution in [3.05, 3.63) is 45.8 Å². The molecule has 2 aromatic rings.